The molecule has 26 heavy (non-hydrogen) atoms. The maximum Gasteiger partial charge on any atom is 0.233 e. The Bertz CT molecular complexity index is 864. The minimum Gasteiger partial charge on any atom is -0.497 e. The second-order valence-electron chi connectivity index (χ2n) is 5.81. The highest BCUT2D eigenvalue weighted by atomic mass is 32.2. The van der Waals surface area contributed by atoms with Crippen molar-refractivity contribution in [3.63, 3.8) is 0 Å². The Morgan fingerprint density at radius 1 is 1.19 bits per heavy atom. The predicted molar refractivity (Wildman–Crippen MR) is 104 cm³/mol. The molecule has 3 rings (SSSR count). The highest BCUT2D eigenvalue weighted by Crippen LogP contribution is 2.23. The molecule has 0 unspecified atom stereocenters. The molecule has 5 nitrogen and oxygen atoms in total. The molecule has 0 aliphatic rings. The standard InChI is InChI=1S/C20H21N3O2S/c1-22(14-16-7-4-3-5-8-16)19(24)15-26-20-21-11-12-23(20)17-9-6-10-18(13-17)25-2/h3-13H,14-15H2,1-2H3. The van der Waals surface area contributed by atoms with E-state index in [1.54, 1.807) is 18.2 Å². The lowest BCUT2D eigenvalue weighted by molar-refractivity contribution is -0.127. The Balaban J connectivity index is 1.63. The Morgan fingerprint density at radius 2 is 2.00 bits per heavy atom. The van der Waals surface area contributed by atoms with E-state index in [9.17, 15) is 4.79 Å². The Hall–Kier alpha value is -2.73. The summed E-state index contributed by atoms with van der Waals surface area (Å²) >= 11 is 1.43. The van der Waals surface area contributed by atoms with Crippen molar-refractivity contribution >= 4 is 17.7 Å². The van der Waals surface area contributed by atoms with E-state index in [1.165, 1.54) is 11.8 Å². The van der Waals surface area contributed by atoms with Gasteiger partial charge in [-0.15, -0.1) is 0 Å². The van der Waals surface area contributed by atoms with Gasteiger partial charge in [0, 0.05) is 32.1 Å². The predicted octanol–water partition coefficient (Wildman–Crippen LogP) is 3.63. The average Bonchev–Trinajstić information content (AvgIpc) is 3.15. The van der Waals surface area contributed by atoms with Crippen LogP contribution in [0.5, 0.6) is 5.75 Å². The number of aromatic nitrogens is 2. The molecule has 0 saturated heterocycles. The van der Waals surface area contributed by atoms with E-state index < -0.39 is 0 Å². The molecular formula is C20H21N3O2S. The number of imidazole rings is 1. The van der Waals surface area contributed by atoms with Crippen molar-refractivity contribution in [1.29, 1.82) is 0 Å². The third-order valence-electron chi connectivity index (χ3n) is 3.95. The number of rotatable bonds is 7. The molecule has 6 heteroatoms. The van der Waals surface area contributed by atoms with Crippen molar-refractivity contribution in [3.05, 3.63) is 72.6 Å². The lowest BCUT2D eigenvalue weighted by Crippen LogP contribution is -2.27. The van der Waals surface area contributed by atoms with Gasteiger partial charge in [0.15, 0.2) is 5.16 Å². The molecule has 0 saturated carbocycles. The summed E-state index contributed by atoms with van der Waals surface area (Å²) in [5, 5.41) is 0.778. The van der Waals surface area contributed by atoms with Crippen LogP contribution in [-0.4, -0.2) is 40.3 Å². The maximum absolute atomic E-state index is 12.4. The molecule has 134 valence electrons. The van der Waals surface area contributed by atoms with Crippen LogP contribution >= 0.6 is 11.8 Å². The first-order chi connectivity index (χ1) is 12.7. The van der Waals surface area contributed by atoms with Gasteiger partial charge < -0.3 is 9.64 Å². The van der Waals surface area contributed by atoms with Crippen LogP contribution in [0.1, 0.15) is 5.56 Å². The monoisotopic (exact) mass is 367 g/mol. The van der Waals surface area contributed by atoms with Gasteiger partial charge in [-0.25, -0.2) is 4.98 Å². The topological polar surface area (TPSA) is 47.4 Å². The number of thioether (sulfide) groups is 1. The van der Waals surface area contributed by atoms with E-state index in [2.05, 4.69) is 4.98 Å². The molecular weight excluding hydrogens is 346 g/mol. The fourth-order valence-electron chi connectivity index (χ4n) is 2.54. The van der Waals surface area contributed by atoms with Gasteiger partial charge in [0.1, 0.15) is 5.75 Å². The van der Waals surface area contributed by atoms with Crippen molar-refractivity contribution in [1.82, 2.24) is 14.5 Å². The lowest BCUT2D eigenvalue weighted by Gasteiger charge is -2.17. The van der Waals surface area contributed by atoms with Gasteiger partial charge in [-0.1, -0.05) is 48.2 Å². The van der Waals surface area contributed by atoms with E-state index in [0.717, 1.165) is 22.2 Å². The summed E-state index contributed by atoms with van der Waals surface area (Å²) in [6.07, 6.45) is 3.62. The third-order valence-corrected chi connectivity index (χ3v) is 4.90. The van der Waals surface area contributed by atoms with Gasteiger partial charge in [-0.2, -0.15) is 0 Å². The zero-order chi connectivity index (χ0) is 18.4. The minimum absolute atomic E-state index is 0.0686. The van der Waals surface area contributed by atoms with Crippen LogP contribution in [0.25, 0.3) is 5.69 Å². The number of benzene rings is 2. The summed E-state index contributed by atoms with van der Waals surface area (Å²) in [6.45, 7) is 0.602. The first kappa shape index (κ1) is 18.1. The SMILES string of the molecule is COc1cccc(-n2ccnc2SCC(=O)N(C)Cc2ccccc2)c1. The molecule has 0 fully saturated rings. The molecule has 1 heterocycles. The van der Waals surface area contributed by atoms with E-state index in [-0.39, 0.29) is 5.91 Å². The number of ether oxygens (including phenoxy) is 1. The summed E-state index contributed by atoms with van der Waals surface area (Å²) in [4.78, 5) is 18.6. The Labute approximate surface area is 157 Å². The smallest absolute Gasteiger partial charge is 0.233 e. The second-order valence-corrected chi connectivity index (χ2v) is 6.75. The first-order valence-electron chi connectivity index (χ1n) is 8.26. The van der Waals surface area contributed by atoms with Gasteiger partial charge in [0.2, 0.25) is 5.91 Å². The average molecular weight is 367 g/mol. The van der Waals surface area contributed by atoms with Gasteiger partial charge >= 0.3 is 0 Å². The molecule has 2 aromatic carbocycles. The van der Waals surface area contributed by atoms with E-state index >= 15 is 0 Å². The third kappa shape index (κ3) is 4.46. The van der Waals surface area contributed by atoms with Gasteiger partial charge in [-0.05, 0) is 17.7 Å². The number of carbonyl (C=O) groups is 1. The highest BCUT2D eigenvalue weighted by molar-refractivity contribution is 7.99. The fourth-order valence-corrected chi connectivity index (χ4v) is 3.45. The van der Waals surface area contributed by atoms with Gasteiger partial charge in [0.25, 0.3) is 0 Å². The van der Waals surface area contributed by atoms with Gasteiger partial charge in [-0.3, -0.25) is 9.36 Å². The summed E-state index contributed by atoms with van der Waals surface area (Å²) in [5.41, 5.74) is 2.07. The molecule has 0 radical (unpaired) electrons. The molecule has 1 amide bonds. The largest absolute Gasteiger partial charge is 0.497 e. The van der Waals surface area contributed by atoms with Crippen molar-refractivity contribution in [2.24, 2.45) is 0 Å². The van der Waals surface area contributed by atoms with Crippen molar-refractivity contribution in [2.45, 2.75) is 11.7 Å². The summed E-state index contributed by atoms with van der Waals surface area (Å²) in [5.74, 6) is 1.19. The van der Waals surface area contributed by atoms with Crippen molar-refractivity contribution in [3.8, 4) is 11.4 Å². The number of methoxy groups -OCH3 is 1. The van der Waals surface area contributed by atoms with Crippen LogP contribution in [0.15, 0.2) is 72.1 Å². The minimum atomic E-state index is 0.0686. The highest BCUT2D eigenvalue weighted by Gasteiger charge is 2.13. The molecule has 0 N–H and O–H groups in total. The molecule has 0 aliphatic carbocycles. The van der Waals surface area contributed by atoms with Crippen LogP contribution in [-0.2, 0) is 11.3 Å². The number of hydrogen-bond donors (Lipinski definition) is 0. The van der Waals surface area contributed by atoms with E-state index in [1.807, 2.05) is 72.4 Å². The van der Waals surface area contributed by atoms with Crippen molar-refractivity contribution in [2.75, 3.05) is 19.9 Å². The van der Waals surface area contributed by atoms with Gasteiger partial charge in [0.05, 0.1) is 18.6 Å². The summed E-state index contributed by atoms with van der Waals surface area (Å²) in [7, 11) is 3.47. The van der Waals surface area contributed by atoms with Crippen LogP contribution in [0, 0.1) is 0 Å². The second kappa shape index (κ2) is 8.58. The quantitative estimate of drug-likeness (QED) is 0.598. The number of carbonyl (C=O) groups excluding carboxylic acids is 1. The molecule has 3 aromatic rings. The maximum atomic E-state index is 12.4. The van der Waals surface area contributed by atoms with E-state index in [4.69, 9.17) is 4.74 Å². The Morgan fingerprint density at radius 3 is 2.77 bits per heavy atom. The lowest BCUT2D eigenvalue weighted by atomic mass is 10.2. The molecule has 0 atom stereocenters. The first-order valence-corrected chi connectivity index (χ1v) is 9.24. The van der Waals surface area contributed by atoms with Crippen LogP contribution < -0.4 is 4.74 Å². The summed E-state index contributed by atoms with van der Waals surface area (Å²) in [6, 6.07) is 17.7. The van der Waals surface area contributed by atoms with Crippen molar-refractivity contribution < 1.29 is 9.53 Å². The molecule has 0 spiro atoms. The molecule has 0 bridgehead atoms. The van der Waals surface area contributed by atoms with Crippen LogP contribution in [0.3, 0.4) is 0 Å². The number of nitrogens with zero attached hydrogens (tertiary/aromatic N) is 3. The zero-order valence-corrected chi connectivity index (χ0v) is 15.6. The number of amides is 1. The summed E-state index contributed by atoms with van der Waals surface area (Å²) < 4.78 is 7.23. The zero-order valence-electron chi connectivity index (χ0n) is 14.8. The molecule has 0 aliphatic heterocycles. The van der Waals surface area contributed by atoms with Crippen LogP contribution in [0.2, 0.25) is 0 Å². The molecule has 1 aromatic heterocycles. The number of hydrogen-bond acceptors (Lipinski definition) is 4. The normalized spacial score (nSPS) is 10.5. The van der Waals surface area contributed by atoms with Crippen LogP contribution in [0.4, 0.5) is 0 Å². The van der Waals surface area contributed by atoms with E-state index in [0.29, 0.717) is 12.3 Å². The fraction of sp³-hybridized carbons (Fsp3) is 0.200. The Kier molecular flexibility index (Phi) is 5.96.